The number of aromatic nitrogens is 2. The molecule has 6 nitrogen and oxygen atoms in total. The van der Waals surface area contributed by atoms with Crippen LogP contribution in [-0.2, 0) is 10.3 Å². The highest BCUT2D eigenvalue weighted by Crippen LogP contribution is 2.18. The van der Waals surface area contributed by atoms with Crippen LogP contribution >= 0.6 is 0 Å². The second-order valence-corrected chi connectivity index (χ2v) is 6.72. The van der Waals surface area contributed by atoms with Crippen LogP contribution < -0.4 is 5.32 Å². The van der Waals surface area contributed by atoms with Crippen molar-refractivity contribution in [1.29, 1.82) is 0 Å². The van der Waals surface area contributed by atoms with Gasteiger partial charge in [-0.25, -0.2) is 4.79 Å². The molecule has 6 heteroatoms. The van der Waals surface area contributed by atoms with Crippen LogP contribution in [0.4, 0.5) is 0 Å². The zero-order valence-corrected chi connectivity index (χ0v) is 13.6. The molecule has 0 aliphatic heterocycles. The molecule has 0 radical (unpaired) electrons. The third kappa shape index (κ3) is 4.31. The molecule has 0 spiro atoms. The number of aliphatic carboxylic acids is 1. The summed E-state index contributed by atoms with van der Waals surface area (Å²) in [5.41, 5.74) is 0.917. The average molecular weight is 295 g/mol. The smallest absolute Gasteiger partial charge is 0.326 e. The predicted molar refractivity (Wildman–Crippen MR) is 80.3 cm³/mol. The SMILES string of the molecule is Cc1c(C(=O)N[C@@H](CC(C)C)C(=O)O)cnn1C(C)(C)C. The first kappa shape index (κ1) is 17.2. The van der Waals surface area contributed by atoms with Crippen LogP contribution in [0.2, 0.25) is 0 Å². The van der Waals surface area contributed by atoms with E-state index < -0.39 is 17.9 Å². The molecule has 0 bridgehead atoms. The van der Waals surface area contributed by atoms with Gasteiger partial charge in [0.05, 0.1) is 17.3 Å². The van der Waals surface area contributed by atoms with Crippen LogP contribution in [0.5, 0.6) is 0 Å². The van der Waals surface area contributed by atoms with E-state index in [4.69, 9.17) is 0 Å². The monoisotopic (exact) mass is 295 g/mol. The van der Waals surface area contributed by atoms with E-state index in [1.54, 1.807) is 4.68 Å². The highest BCUT2D eigenvalue weighted by atomic mass is 16.4. The Morgan fingerprint density at radius 3 is 2.33 bits per heavy atom. The molecule has 0 saturated carbocycles. The Kier molecular flexibility index (Phi) is 5.15. The third-order valence-corrected chi connectivity index (χ3v) is 3.20. The number of amides is 1. The fourth-order valence-electron chi connectivity index (χ4n) is 2.24. The Morgan fingerprint density at radius 2 is 1.95 bits per heavy atom. The van der Waals surface area contributed by atoms with E-state index in [0.717, 1.165) is 5.69 Å². The van der Waals surface area contributed by atoms with Gasteiger partial charge in [-0.15, -0.1) is 0 Å². The molecule has 21 heavy (non-hydrogen) atoms. The van der Waals surface area contributed by atoms with Crippen molar-refractivity contribution in [3.05, 3.63) is 17.5 Å². The van der Waals surface area contributed by atoms with Crippen molar-refractivity contribution in [3.8, 4) is 0 Å². The summed E-state index contributed by atoms with van der Waals surface area (Å²) in [4.78, 5) is 23.5. The Bertz CT molecular complexity index is 527. The Morgan fingerprint density at radius 1 is 1.38 bits per heavy atom. The molecule has 0 aromatic carbocycles. The maximum Gasteiger partial charge on any atom is 0.326 e. The van der Waals surface area contributed by atoms with E-state index in [-0.39, 0.29) is 11.5 Å². The molecule has 1 aromatic rings. The van der Waals surface area contributed by atoms with E-state index in [1.165, 1.54) is 6.20 Å². The van der Waals surface area contributed by atoms with E-state index in [2.05, 4.69) is 10.4 Å². The largest absolute Gasteiger partial charge is 0.480 e. The van der Waals surface area contributed by atoms with Crippen molar-refractivity contribution in [2.75, 3.05) is 0 Å². The molecule has 118 valence electrons. The number of hydrogen-bond acceptors (Lipinski definition) is 3. The summed E-state index contributed by atoms with van der Waals surface area (Å²) in [7, 11) is 0. The van der Waals surface area contributed by atoms with Gasteiger partial charge in [-0.3, -0.25) is 9.48 Å². The van der Waals surface area contributed by atoms with E-state index in [1.807, 2.05) is 41.5 Å². The first-order valence-corrected chi connectivity index (χ1v) is 7.12. The van der Waals surface area contributed by atoms with Crippen molar-refractivity contribution in [1.82, 2.24) is 15.1 Å². The lowest BCUT2D eigenvalue weighted by atomic mass is 10.0. The molecule has 0 fully saturated rings. The molecule has 0 aliphatic carbocycles. The molecule has 0 saturated heterocycles. The van der Waals surface area contributed by atoms with Gasteiger partial charge in [0, 0.05) is 5.69 Å². The Labute approximate surface area is 125 Å². The molecule has 1 heterocycles. The molecular formula is C15H25N3O3. The number of hydrogen-bond donors (Lipinski definition) is 2. The maximum atomic E-state index is 12.3. The van der Waals surface area contributed by atoms with Gasteiger partial charge in [0.1, 0.15) is 6.04 Å². The van der Waals surface area contributed by atoms with Crippen molar-refractivity contribution in [3.63, 3.8) is 0 Å². The lowest BCUT2D eigenvalue weighted by Gasteiger charge is -2.21. The molecule has 0 unspecified atom stereocenters. The van der Waals surface area contributed by atoms with Crippen LogP contribution in [0, 0.1) is 12.8 Å². The Balaban J connectivity index is 2.94. The molecule has 1 atom stereocenters. The van der Waals surface area contributed by atoms with Gasteiger partial charge < -0.3 is 10.4 Å². The Hall–Kier alpha value is -1.85. The highest BCUT2D eigenvalue weighted by Gasteiger charge is 2.25. The number of nitrogens with zero attached hydrogens (tertiary/aromatic N) is 2. The van der Waals surface area contributed by atoms with E-state index in [0.29, 0.717) is 12.0 Å². The fourth-order valence-corrected chi connectivity index (χ4v) is 2.24. The molecule has 1 aromatic heterocycles. The van der Waals surface area contributed by atoms with Crippen LogP contribution in [-0.4, -0.2) is 32.8 Å². The fraction of sp³-hybridized carbons (Fsp3) is 0.667. The minimum Gasteiger partial charge on any atom is -0.480 e. The zero-order valence-electron chi connectivity index (χ0n) is 13.6. The molecule has 1 amide bonds. The van der Waals surface area contributed by atoms with E-state index in [9.17, 15) is 14.7 Å². The van der Waals surface area contributed by atoms with Gasteiger partial charge in [0.15, 0.2) is 0 Å². The van der Waals surface area contributed by atoms with Gasteiger partial charge >= 0.3 is 5.97 Å². The molecule has 2 N–H and O–H groups in total. The van der Waals surface area contributed by atoms with Crippen molar-refractivity contribution in [2.45, 2.75) is 59.5 Å². The van der Waals surface area contributed by atoms with Gasteiger partial charge in [-0.05, 0) is 40.0 Å². The number of carbonyl (C=O) groups is 2. The first-order chi connectivity index (χ1) is 9.54. The van der Waals surface area contributed by atoms with E-state index >= 15 is 0 Å². The second-order valence-electron chi connectivity index (χ2n) is 6.72. The first-order valence-electron chi connectivity index (χ1n) is 7.12. The standard InChI is InChI=1S/C15H25N3O3/c1-9(2)7-12(14(20)21)17-13(19)11-8-16-18(10(11)3)15(4,5)6/h8-9,12H,7H2,1-6H3,(H,17,19)(H,20,21)/t12-/m0/s1. The number of carbonyl (C=O) groups excluding carboxylic acids is 1. The van der Waals surface area contributed by atoms with Crippen molar-refractivity contribution < 1.29 is 14.7 Å². The van der Waals surface area contributed by atoms with Gasteiger partial charge in [-0.2, -0.15) is 5.10 Å². The quantitative estimate of drug-likeness (QED) is 0.872. The van der Waals surface area contributed by atoms with Crippen LogP contribution in [0.25, 0.3) is 0 Å². The topological polar surface area (TPSA) is 84.2 Å². The summed E-state index contributed by atoms with van der Waals surface area (Å²) in [5, 5.41) is 16.0. The molecular weight excluding hydrogens is 270 g/mol. The summed E-state index contributed by atoms with van der Waals surface area (Å²) < 4.78 is 1.76. The minimum atomic E-state index is -1.02. The number of rotatable bonds is 5. The van der Waals surface area contributed by atoms with Crippen molar-refractivity contribution >= 4 is 11.9 Å². The van der Waals surface area contributed by atoms with Gasteiger partial charge in [0.25, 0.3) is 5.91 Å². The van der Waals surface area contributed by atoms with Crippen LogP contribution in [0.15, 0.2) is 6.20 Å². The lowest BCUT2D eigenvalue weighted by molar-refractivity contribution is -0.139. The van der Waals surface area contributed by atoms with Crippen molar-refractivity contribution in [2.24, 2.45) is 5.92 Å². The summed E-state index contributed by atoms with van der Waals surface area (Å²) in [6, 6.07) is -0.880. The average Bonchev–Trinajstić information content (AvgIpc) is 2.69. The predicted octanol–water partition coefficient (Wildman–Crippen LogP) is 2.18. The number of carboxylic acid groups (broad SMARTS) is 1. The third-order valence-electron chi connectivity index (χ3n) is 3.20. The van der Waals surface area contributed by atoms with Crippen LogP contribution in [0.1, 0.15) is 57.1 Å². The number of carboxylic acids is 1. The maximum absolute atomic E-state index is 12.3. The summed E-state index contributed by atoms with van der Waals surface area (Å²) in [6.07, 6.45) is 1.89. The second kappa shape index (κ2) is 6.28. The molecule has 1 rings (SSSR count). The zero-order chi connectivity index (χ0) is 16.4. The molecule has 0 aliphatic rings. The summed E-state index contributed by atoms with van der Waals surface area (Å²) >= 11 is 0. The van der Waals surface area contributed by atoms with Gasteiger partial charge in [-0.1, -0.05) is 13.8 Å². The lowest BCUT2D eigenvalue weighted by Crippen LogP contribution is -2.41. The van der Waals surface area contributed by atoms with Crippen LogP contribution in [0.3, 0.4) is 0 Å². The normalized spacial score (nSPS) is 13.3. The van der Waals surface area contributed by atoms with Gasteiger partial charge in [0.2, 0.25) is 0 Å². The minimum absolute atomic E-state index is 0.185. The summed E-state index contributed by atoms with van der Waals surface area (Å²) in [6.45, 7) is 11.6. The number of nitrogens with one attached hydrogen (secondary N) is 1. The highest BCUT2D eigenvalue weighted by molar-refractivity contribution is 5.97. The summed E-state index contributed by atoms with van der Waals surface area (Å²) in [5.74, 6) is -1.22.